The Bertz CT molecular complexity index is 1570. The van der Waals surface area contributed by atoms with Crippen molar-refractivity contribution in [2.75, 3.05) is 5.32 Å². The monoisotopic (exact) mass is 498 g/mol. The Labute approximate surface area is 206 Å². The fourth-order valence-corrected chi connectivity index (χ4v) is 5.42. The van der Waals surface area contributed by atoms with Crippen molar-refractivity contribution in [3.05, 3.63) is 119 Å². The molecule has 1 heterocycles. The molecule has 4 aromatic rings. The maximum atomic E-state index is 13.1. The van der Waals surface area contributed by atoms with E-state index in [9.17, 15) is 13.2 Å². The van der Waals surface area contributed by atoms with Gasteiger partial charge in [0.15, 0.2) is 0 Å². The Balaban J connectivity index is 1.44. The predicted molar refractivity (Wildman–Crippen MR) is 138 cm³/mol. The Kier molecular flexibility index (Phi) is 6.17. The van der Waals surface area contributed by atoms with E-state index in [0.29, 0.717) is 22.5 Å². The van der Waals surface area contributed by atoms with Crippen molar-refractivity contribution in [2.45, 2.75) is 4.21 Å². The summed E-state index contributed by atoms with van der Waals surface area (Å²) >= 11 is 1.09. The summed E-state index contributed by atoms with van der Waals surface area (Å²) in [5.74, 6) is -0.249. The lowest BCUT2D eigenvalue weighted by Crippen LogP contribution is -2.22. The van der Waals surface area contributed by atoms with Gasteiger partial charge in [-0.05, 0) is 53.9 Å². The second kappa shape index (κ2) is 9.57. The van der Waals surface area contributed by atoms with Crippen molar-refractivity contribution in [3.63, 3.8) is 0 Å². The molecule has 0 unspecified atom stereocenters. The highest BCUT2D eigenvalue weighted by Crippen LogP contribution is 2.27. The molecule has 35 heavy (non-hydrogen) atoms. The van der Waals surface area contributed by atoms with Crippen molar-refractivity contribution >= 4 is 49.9 Å². The number of rotatable bonds is 6. The van der Waals surface area contributed by atoms with Crippen LogP contribution in [0, 0.1) is 0 Å². The first kappa shape index (κ1) is 22.6. The number of fused-ring (bicyclic) bond motifs is 1. The van der Waals surface area contributed by atoms with E-state index in [1.807, 2.05) is 30.3 Å². The summed E-state index contributed by atoms with van der Waals surface area (Å²) < 4.78 is 29.8. The third kappa shape index (κ3) is 5.01. The van der Waals surface area contributed by atoms with Gasteiger partial charge in [0.1, 0.15) is 4.21 Å². The van der Waals surface area contributed by atoms with Crippen LogP contribution in [0.2, 0.25) is 0 Å². The number of nitrogens with zero attached hydrogens (tertiary/aromatic N) is 3. The van der Waals surface area contributed by atoms with Gasteiger partial charge in [0, 0.05) is 16.8 Å². The average molecular weight is 499 g/mol. The largest absolute Gasteiger partial charge is 0.352 e. The summed E-state index contributed by atoms with van der Waals surface area (Å²) in [6.45, 7) is 0. The van der Waals surface area contributed by atoms with Crippen LogP contribution < -0.4 is 5.32 Å². The second-order valence-corrected chi connectivity index (χ2v) is 10.3. The van der Waals surface area contributed by atoms with Crippen LogP contribution in [-0.4, -0.2) is 19.9 Å². The first-order valence-electron chi connectivity index (χ1n) is 10.6. The van der Waals surface area contributed by atoms with E-state index in [2.05, 4.69) is 19.9 Å². The third-order valence-corrected chi connectivity index (χ3v) is 7.79. The highest BCUT2D eigenvalue weighted by Gasteiger charge is 2.26. The molecule has 1 aliphatic carbocycles. The van der Waals surface area contributed by atoms with Gasteiger partial charge in [0.05, 0.1) is 22.8 Å². The maximum absolute atomic E-state index is 13.1. The first-order valence-corrected chi connectivity index (χ1v) is 12.9. The Morgan fingerprint density at radius 1 is 0.714 bits per heavy atom. The SMILES string of the molecule is O=C1C(Nc2ccc(N=Nc3ccccc3)cc2)=CC(=NS(=O)(=O)c2cccs2)c2ccccc21. The molecule has 1 aliphatic rings. The molecule has 0 spiro atoms. The van der Waals surface area contributed by atoms with Gasteiger partial charge in [-0.25, -0.2) is 0 Å². The summed E-state index contributed by atoms with van der Waals surface area (Å²) in [6, 6.07) is 26.5. The number of benzene rings is 3. The summed E-state index contributed by atoms with van der Waals surface area (Å²) in [6.07, 6.45) is 1.47. The zero-order valence-electron chi connectivity index (χ0n) is 18.2. The summed E-state index contributed by atoms with van der Waals surface area (Å²) in [4.78, 5) is 13.1. The standard InChI is InChI=1S/C26H18N4O3S2/c31-26-22-10-5-4-9-21(22)23(30-35(32,33)25-11-6-16-34-25)17-24(26)27-18-12-14-20(15-13-18)29-28-19-7-2-1-3-8-19/h1-17,27H. The van der Waals surface area contributed by atoms with Crippen molar-refractivity contribution in [1.82, 2.24) is 0 Å². The average Bonchev–Trinajstić information content (AvgIpc) is 3.43. The number of allylic oxidation sites excluding steroid dienone is 2. The zero-order chi connectivity index (χ0) is 24.3. The summed E-state index contributed by atoms with van der Waals surface area (Å²) in [5, 5.41) is 13.2. The molecule has 5 rings (SSSR count). The number of hydrogen-bond acceptors (Lipinski definition) is 7. The number of nitrogens with one attached hydrogen (secondary N) is 1. The lowest BCUT2D eigenvalue weighted by atomic mass is 9.92. The van der Waals surface area contributed by atoms with E-state index in [1.165, 1.54) is 12.1 Å². The molecular weight excluding hydrogens is 480 g/mol. The lowest BCUT2D eigenvalue weighted by molar-refractivity contribution is 0.103. The van der Waals surface area contributed by atoms with Crippen LogP contribution in [-0.2, 0) is 10.0 Å². The lowest BCUT2D eigenvalue weighted by Gasteiger charge is -2.18. The molecule has 0 radical (unpaired) electrons. The minimum Gasteiger partial charge on any atom is -0.352 e. The molecule has 0 bridgehead atoms. The van der Waals surface area contributed by atoms with Crippen LogP contribution in [0.1, 0.15) is 15.9 Å². The fraction of sp³-hybridized carbons (Fsp3) is 0. The van der Waals surface area contributed by atoms with Gasteiger partial charge in [-0.2, -0.15) is 23.0 Å². The Morgan fingerprint density at radius 2 is 1.37 bits per heavy atom. The number of carbonyl (C=O) groups excluding carboxylic acids is 1. The van der Waals surface area contributed by atoms with E-state index < -0.39 is 10.0 Å². The third-order valence-electron chi connectivity index (χ3n) is 5.12. The van der Waals surface area contributed by atoms with Gasteiger partial charge < -0.3 is 5.32 Å². The van der Waals surface area contributed by atoms with Gasteiger partial charge in [-0.1, -0.05) is 48.5 Å². The van der Waals surface area contributed by atoms with E-state index in [-0.39, 0.29) is 21.4 Å². The molecule has 0 amide bonds. The normalized spacial score (nSPS) is 14.7. The van der Waals surface area contributed by atoms with Crippen LogP contribution in [0.3, 0.4) is 0 Å². The van der Waals surface area contributed by atoms with Crippen LogP contribution in [0.25, 0.3) is 0 Å². The predicted octanol–water partition coefficient (Wildman–Crippen LogP) is 6.53. The first-order chi connectivity index (χ1) is 17.0. The number of sulfonamides is 1. The van der Waals surface area contributed by atoms with Gasteiger partial charge in [0.2, 0.25) is 5.78 Å². The summed E-state index contributed by atoms with van der Waals surface area (Å²) in [7, 11) is -3.91. The Morgan fingerprint density at radius 3 is 2.06 bits per heavy atom. The highest BCUT2D eigenvalue weighted by atomic mass is 32.2. The second-order valence-electron chi connectivity index (χ2n) is 7.52. The van der Waals surface area contributed by atoms with Gasteiger partial charge in [-0.15, -0.1) is 11.3 Å². The Hall–Kier alpha value is -4.21. The molecule has 0 aliphatic heterocycles. The smallest absolute Gasteiger partial charge is 0.292 e. The molecule has 0 saturated heterocycles. The molecule has 7 nitrogen and oxygen atoms in total. The quantitative estimate of drug-likeness (QED) is 0.305. The topological polar surface area (TPSA) is 100 Å². The molecule has 3 aromatic carbocycles. The van der Waals surface area contributed by atoms with Gasteiger partial charge in [-0.3, -0.25) is 4.79 Å². The van der Waals surface area contributed by atoms with Crippen LogP contribution in [0.5, 0.6) is 0 Å². The molecular formula is C26H18N4O3S2. The minimum atomic E-state index is -3.91. The number of azo groups is 1. The maximum Gasteiger partial charge on any atom is 0.292 e. The van der Waals surface area contributed by atoms with E-state index in [0.717, 1.165) is 17.0 Å². The van der Waals surface area contributed by atoms with E-state index in [4.69, 9.17) is 0 Å². The van der Waals surface area contributed by atoms with Crippen LogP contribution in [0.4, 0.5) is 17.1 Å². The van der Waals surface area contributed by atoms with Crippen LogP contribution >= 0.6 is 11.3 Å². The number of Topliss-reactive ketones (excluding diaryl/α,β-unsaturated/α-hetero) is 1. The van der Waals surface area contributed by atoms with Crippen molar-refractivity contribution in [3.8, 4) is 0 Å². The van der Waals surface area contributed by atoms with Crippen LogP contribution in [0.15, 0.2) is 127 Å². The number of ketones is 1. The zero-order valence-corrected chi connectivity index (χ0v) is 19.8. The van der Waals surface area contributed by atoms with E-state index in [1.54, 1.807) is 60.0 Å². The van der Waals surface area contributed by atoms with E-state index >= 15 is 0 Å². The van der Waals surface area contributed by atoms with Crippen molar-refractivity contribution < 1.29 is 13.2 Å². The number of hydrogen-bond donors (Lipinski definition) is 1. The molecule has 172 valence electrons. The minimum absolute atomic E-state index is 0.141. The number of carbonyl (C=O) groups is 1. The fourth-order valence-electron chi connectivity index (χ4n) is 3.46. The molecule has 0 fully saturated rings. The van der Waals surface area contributed by atoms with Crippen molar-refractivity contribution in [2.24, 2.45) is 14.6 Å². The summed E-state index contributed by atoms with van der Waals surface area (Å²) in [5.41, 5.74) is 3.31. The molecule has 0 saturated carbocycles. The molecule has 1 aromatic heterocycles. The molecule has 0 atom stereocenters. The van der Waals surface area contributed by atoms with Gasteiger partial charge >= 0.3 is 0 Å². The van der Waals surface area contributed by atoms with Crippen molar-refractivity contribution in [1.29, 1.82) is 0 Å². The van der Waals surface area contributed by atoms with Gasteiger partial charge in [0.25, 0.3) is 10.0 Å². The molecule has 9 heteroatoms. The highest BCUT2D eigenvalue weighted by molar-refractivity contribution is 7.92. The molecule has 1 N–H and O–H groups in total. The number of anilines is 1. The number of thiophene rings is 1.